The van der Waals surface area contributed by atoms with Crippen molar-refractivity contribution in [1.82, 2.24) is 9.97 Å². The molecule has 0 aliphatic carbocycles. The van der Waals surface area contributed by atoms with Crippen LogP contribution in [0.2, 0.25) is 0 Å². The number of thioether (sulfide) groups is 1. The topological polar surface area (TPSA) is 51.8 Å². The molecule has 0 amide bonds. The third-order valence-corrected chi connectivity index (χ3v) is 3.12. The van der Waals surface area contributed by atoms with Gasteiger partial charge in [-0.15, -0.1) is 11.8 Å². The van der Waals surface area contributed by atoms with E-state index in [1.54, 1.807) is 24.3 Å². The van der Waals surface area contributed by atoms with E-state index in [0.29, 0.717) is 0 Å². The van der Waals surface area contributed by atoms with E-state index in [2.05, 4.69) is 22.1 Å². The standard InChI is InChI=1S/C12H13N3S/c13-11-3-1-10(2-4-11)6-8-16-12-5-7-14-9-15-12/h1-5,7,9H,6,8,13H2. The van der Waals surface area contributed by atoms with Crippen molar-refractivity contribution in [1.29, 1.82) is 0 Å². The minimum Gasteiger partial charge on any atom is -0.399 e. The summed E-state index contributed by atoms with van der Waals surface area (Å²) in [7, 11) is 0. The first kappa shape index (κ1) is 11.0. The summed E-state index contributed by atoms with van der Waals surface area (Å²) < 4.78 is 0. The van der Waals surface area contributed by atoms with Crippen LogP contribution in [0.5, 0.6) is 0 Å². The van der Waals surface area contributed by atoms with Gasteiger partial charge in [-0.1, -0.05) is 12.1 Å². The predicted molar refractivity (Wildman–Crippen MR) is 67.3 cm³/mol. The molecule has 2 aromatic rings. The SMILES string of the molecule is Nc1ccc(CCSc2ccncn2)cc1. The van der Waals surface area contributed by atoms with Crippen LogP contribution in [0, 0.1) is 0 Å². The van der Waals surface area contributed by atoms with Crippen LogP contribution < -0.4 is 5.73 Å². The summed E-state index contributed by atoms with van der Waals surface area (Å²) in [6, 6.07) is 9.93. The van der Waals surface area contributed by atoms with Crippen molar-refractivity contribution in [3.8, 4) is 0 Å². The molecule has 2 N–H and O–H groups in total. The summed E-state index contributed by atoms with van der Waals surface area (Å²) in [6.45, 7) is 0. The molecule has 16 heavy (non-hydrogen) atoms. The number of hydrogen-bond donors (Lipinski definition) is 1. The molecular formula is C12H13N3S. The lowest BCUT2D eigenvalue weighted by Crippen LogP contribution is -1.91. The van der Waals surface area contributed by atoms with E-state index >= 15 is 0 Å². The van der Waals surface area contributed by atoms with Gasteiger partial charge in [0.1, 0.15) is 6.33 Å². The van der Waals surface area contributed by atoms with E-state index in [1.807, 2.05) is 18.2 Å². The highest BCUT2D eigenvalue weighted by Gasteiger charge is 1.96. The van der Waals surface area contributed by atoms with Gasteiger partial charge in [0.05, 0.1) is 5.03 Å². The minimum atomic E-state index is 0.812. The molecule has 0 spiro atoms. The average Bonchev–Trinajstić information content (AvgIpc) is 2.33. The molecule has 0 fully saturated rings. The molecule has 1 aromatic carbocycles. The molecule has 0 radical (unpaired) electrons. The molecule has 1 aromatic heterocycles. The van der Waals surface area contributed by atoms with E-state index in [4.69, 9.17) is 5.73 Å². The second-order valence-electron chi connectivity index (χ2n) is 3.39. The van der Waals surface area contributed by atoms with Crippen molar-refractivity contribution in [2.24, 2.45) is 0 Å². The zero-order valence-corrected chi connectivity index (χ0v) is 9.65. The van der Waals surface area contributed by atoms with Crippen molar-refractivity contribution in [3.05, 3.63) is 48.4 Å². The zero-order chi connectivity index (χ0) is 11.2. The van der Waals surface area contributed by atoms with Gasteiger partial charge in [0.25, 0.3) is 0 Å². The Morgan fingerprint density at radius 2 is 1.94 bits per heavy atom. The first-order chi connectivity index (χ1) is 7.84. The Morgan fingerprint density at radius 3 is 2.62 bits per heavy atom. The van der Waals surface area contributed by atoms with Crippen LogP contribution in [0.15, 0.2) is 47.9 Å². The molecule has 0 aliphatic heterocycles. The van der Waals surface area contributed by atoms with E-state index in [0.717, 1.165) is 22.9 Å². The maximum absolute atomic E-state index is 5.62. The molecule has 1 heterocycles. The van der Waals surface area contributed by atoms with Crippen molar-refractivity contribution < 1.29 is 0 Å². The Balaban J connectivity index is 1.82. The quantitative estimate of drug-likeness (QED) is 0.498. The lowest BCUT2D eigenvalue weighted by atomic mass is 10.2. The Labute approximate surface area is 99.1 Å². The number of nitrogens with two attached hydrogens (primary N) is 1. The lowest BCUT2D eigenvalue weighted by Gasteiger charge is -2.01. The lowest BCUT2D eigenvalue weighted by molar-refractivity contribution is 1.04. The first-order valence-corrected chi connectivity index (χ1v) is 6.06. The molecule has 82 valence electrons. The minimum absolute atomic E-state index is 0.812. The third kappa shape index (κ3) is 3.24. The molecule has 4 heteroatoms. The molecule has 0 bridgehead atoms. The Hall–Kier alpha value is -1.55. The highest BCUT2D eigenvalue weighted by atomic mass is 32.2. The summed E-state index contributed by atoms with van der Waals surface area (Å²) in [4.78, 5) is 8.04. The van der Waals surface area contributed by atoms with E-state index in [1.165, 1.54) is 5.56 Å². The fourth-order valence-corrected chi connectivity index (χ4v) is 2.15. The van der Waals surface area contributed by atoms with Crippen molar-refractivity contribution in [3.63, 3.8) is 0 Å². The van der Waals surface area contributed by atoms with Gasteiger partial charge in [0.2, 0.25) is 0 Å². The molecule has 0 atom stereocenters. The maximum Gasteiger partial charge on any atom is 0.116 e. The number of aryl methyl sites for hydroxylation is 1. The Bertz CT molecular complexity index is 428. The van der Waals surface area contributed by atoms with E-state index in [9.17, 15) is 0 Å². The number of benzene rings is 1. The monoisotopic (exact) mass is 231 g/mol. The number of anilines is 1. The predicted octanol–water partition coefficient (Wildman–Crippen LogP) is 2.39. The summed E-state index contributed by atoms with van der Waals surface area (Å²) in [5.41, 5.74) is 7.74. The number of nitrogen functional groups attached to an aromatic ring is 1. The van der Waals surface area contributed by atoms with Crippen LogP contribution in [-0.2, 0) is 6.42 Å². The van der Waals surface area contributed by atoms with Crippen molar-refractivity contribution >= 4 is 17.4 Å². The second kappa shape index (κ2) is 5.51. The first-order valence-electron chi connectivity index (χ1n) is 5.08. The van der Waals surface area contributed by atoms with Gasteiger partial charge in [-0.05, 0) is 30.2 Å². The number of nitrogens with zero attached hydrogens (tertiary/aromatic N) is 2. The van der Waals surface area contributed by atoms with Gasteiger partial charge in [-0.25, -0.2) is 9.97 Å². The van der Waals surface area contributed by atoms with Crippen LogP contribution in [0.25, 0.3) is 0 Å². The summed E-state index contributed by atoms with van der Waals surface area (Å²) >= 11 is 1.74. The van der Waals surface area contributed by atoms with Crippen molar-refractivity contribution in [2.75, 3.05) is 11.5 Å². The Morgan fingerprint density at radius 1 is 1.12 bits per heavy atom. The number of rotatable bonds is 4. The van der Waals surface area contributed by atoms with Gasteiger partial charge < -0.3 is 5.73 Å². The smallest absolute Gasteiger partial charge is 0.116 e. The van der Waals surface area contributed by atoms with Gasteiger partial charge in [0.15, 0.2) is 0 Å². The summed E-state index contributed by atoms with van der Waals surface area (Å²) in [5.74, 6) is 1.01. The molecular weight excluding hydrogens is 218 g/mol. The van der Waals surface area contributed by atoms with Crippen molar-refractivity contribution in [2.45, 2.75) is 11.4 Å². The Kier molecular flexibility index (Phi) is 3.77. The molecule has 2 rings (SSSR count). The van der Waals surface area contributed by atoms with Crippen LogP contribution in [0.1, 0.15) is 5.56 Å². The molecule has 0 saturated heterocycles. The number of aromatic nitrogens is 2. The molecule has 3 nitrogen and oxygen atoms in total. The van der Waals surface area contributed by atoms with Crippen LogP contribution in [0.3, 0.4) is 0 Å². The zero-order valence-electron chi connectivity index (χ0n) is 8.84. The van der Waals surface area contributed by atoms with Gasteiger partial charge in [-0.2, -0.15) is 0 Å². The van der Waals surface area contributed by atoms with Crippen LogP contribution in [0.4, 0.5) is 5.69 Å². The third-order valence-electron chi connectivity index (χ3n) is 2.18. The fraction of sp³-hybridized carbons (Fsp3) is 0.167. The van der Waals surface area contributed by atoms with E-state index < -0.39 is 0 Å². The second-order valence-corrected chi connectivity index (χ2v) is 4.50. The van der Waals surface area contributed by atoms with Crippen LogP contribution >= 0.6 is 11.8 Å². The fourth-order valence-electron chi connectivity index (χ4n) is 1.32. The normalized spacial score (nSPS) is 10.2. The van der Waals surface area contributed by atoms with E-state index in [-0.39, 0.29) is 0 Å². The van der Waals surface area contributed by atoms with Crippen LogP contribution in [-0.4, -0.2) is 15.7 Å². The summed E-state index contributed by atoms with van der Waals surface area (Å²) in [5, 5.41) is 1.02. The highest BCUT2D eigenvalue weighted by molar-refractivity contribution is 7.99. The van der Waals surface area contributed by atoms with Gasteiger partial charge in [-0.3, -0.25) is 0 Å². The molecule has 0 unspecified atom stereocenters. The molecule has 0 saturated carbocycles. The van der Waals surface area contributed by atoms with Gasteiger partial charge in [0, 0.05) is 17.6 Å². The molecule has 0 aliphatic rings. The average molecular weight is 231 g/mol. The summed E-state index contributed by atoms with van der Waals surface area (Å²) in [6.07, 6.45) is 4.36. The van der Waals surface area contributed by atoms with Gasteiger partial charge >= 0.3 is 0 Å². The number of hydrogen-bond acceptors (Lipinski definition) is 4. The highest BCUT2D eigenvalue weighted by Crippen LogP contribution is 2.16. The largest absolute Gasteiger partial charge is 0.399 e. The maximum atomic E-state index is 5.62.